The number of likely N-dealkylation sites (tertiary alicyclic amines) is 1. The van der Waals surface area contributed by atoms with Crippen LogP contribution in [0.3, 0.4) is 0 Å². The molecule has 0 aliphatic carbocycles. The summed E-state index contributed by atoms with van der Waals surface area (Å²) in [5.74, 6) is -0.243. The first-order valence-electron chi connectivity index (χ1n) is 8.93. The number of carboxylic acid groups (broad SMARTS) is 1. The molecule has 5 nitrogen and oxygen atoms in total. The average molecular weight is 332 g/mol. The second kappa shape index (κ2) is 9.96. The number of hydrogen-bond donors (Lipinski definition) is 2. The fourth-order valence-electron chi connectivity index (χ4n) is 3.27. The van der Waals surface area contributed by atoms with Crippen LogP contribution in [0.5, 0.6) is 0 Å². The summed E-state index contributed by atoms with van der Waals surface area (Å²) in [5, 5.41) is 11.4. The predicted molar refractivity (Wildman–Crippen MR) is 93.9 cm³/mol. The van der Waals surface area contributed by atoms with Gasteiger partial charge in [0.2, 0.25) is 0 Å². The first-order chi connectivity index (χ1) is 11.6. The van der Waals surface area contributed by atoms with Crippen LogP contribution in [0, 0.1) is 5.92 Å². The molecule has 1 atom stereocenters. The number of carbonyl (C=O) groups is 2. The van der Waals surface area contributed by atoms with Gasteiger partial charge in [-0.25, -0.2) is 4.79 Å². The number of rotatable bonds is 8. The highest BCUT2D eigenvalue weighted by molar-refractivity contribution is 5.74. The van der Waals surface area contributed by atoms with E-state index in [1.807, 2.05) is 11.0 Å². The highest BCUT2D eigenvalue weighted by atomic mass is 16.4. The summed E-state index contributed by atoms with van der Waals surface area (Å²) in [5.41, 5.74) is 1.38. The number of carbonyl (C=O) groups excluding carboxylic acids is 1. The molecule has 1 unspecified atom stereocenters. The van der Waals surface area contributed by atoms with Crippen molar-refractivity contribution in [1.82, 2.24) is 10.2 Å². The van der Waals surface area contributed by atoms with Crippen molar-refractivity contribution in [3.63, 3.8) is 0 Å². The molecule has 1 fully saturated rings. The highest BCUT2D eigenvalue weighted by Gasteiger charge is 2.23. The van der Waals surface area contributed by atoms with Crippen molar-refractivity contribution in [2.75, 3.05) is 19.6 Å². The predicted octanol–water partition coefficient (Wildman–Crippen LogP) is 3.30. The molecule has 2 N–H and O–H groups in total. The van der Waals surface area contributed by atoms with E-state index in [0.717, 1.165) is 38.8 Å². The van der Waals surface area contributed by atoms with Crippen LogP contribution in [-0.4, -0.2) is 41.6 Å². The molecule has 0 saturated carbocycles. The van der Waals surface area contributed by atoms with Crippen molar-refractivity contribution < 1.29 is 14.7 Å². The van der Waals surface area contributed by atoms with Gasteiger partial charge in [0.25, 0.3) is 0 Å². The van der Waals surface area contributed by atoms with Crippen molar-refractivity contribution in [1.29, 1.82) is 0 Å². The van der Waals surface area contributed by atoms with Gasteiger partial charge in [0.15, 0.2) is 0 Å². The Morgan fingerprint density at radius 2 is 2.00 bits per heavy atom. The maximum Gasteiger partial charge on any atom is 0.317 e. The fourth-order valence-corrected chi connectivity index (χ4v) is 3.27. The zero-order valence-electron chi connectivity index (χ0n) is 14.2. The van der Waals surface area contributed by atoms with Crippen molar-refractivity contribution in [3.8, 4) is 0 Å². The molecule has 132 valence electrons. The Morgan fingerprint density at radius 1 is 1.21 bits per heavy atom. The van der Waals surface area contributed by atoms with Gasteiger partial charge in [-0.05, 0) is 50.0 Å². The fraction of sp³-hybridized carbons (Fsp3) is 0.579. The molecule has 1 aliphatic rings. The molecule has 1 aromatic carbocycles. The van der Waals surface area contributed by atoms with Gasteiger partial charge in [0.05, 0.1) is 0 Å². The average Bonchev–Trinajstić information content (AvgIpc) is 2.59. The lowest BCUT2D eigenvalue weighted by atomic mass is 9.92. The minimum absolute atomic E-state index is 0.0480. The van der Waals surface area contributed by atoms with Gasteiger partial charge in [-0.1, -0.05) is 30.3 Å². The van der Waals surface area contributed by atoms with Crippen LogP contribution in [0.15, 0.2) is 30.3 Å². The minimum atomic E-state index is -0.819. The number of urea groups is 1. The molecule has 5 heteroatoms. The summed E-state index contributed by atoms with van der Waals surface area (Å²) >= 11 is 0. The van der Waals surface area contributed by atoms with E-state index in [9.17, 15) is 9.59 Å². The quantitative estimate of drug-likeness (QED) is 0.718. The SMILES string of the molecule is O=C(O)CCCNC(=O)N1CCCC(CCCc2ccccc2)C1. The van der Waals surface area contributed by atoms with Crippen LogP contribution >= 0.6 is 0 Å². The summed E-state index contributed by atoms with van der Waals surface area (Å²) in [4.78, 5) is 24.5. The zero-order valence-corrected chi connectivity index (χ0v) is 14.2. The van der Waals surface area contributed by atoms with E-state index in [-0.39, 0.29) is 12.5 Å². The molecule has 0 aromatic heterocycles. The van der Waals surface area contributed by atoms with E-state index in [4.69, 9.17) is 5.11 Å². The van der Waals surface area contributed by atoms with Gasteiger partial charge in [0, 0.05) is 26.1 Å². The molecule has 2 amide bonds. The topological polar surface area (TPSA) is 69.6 Å². The molecular weight excluding hydrogens is 304 g/mol. The Kier molecular flexibility index (Phi) is 7.59. The molecule has 1 aliphatic heterocycles. The molecule has 2 rings (SSSR count). The Balaban J connectivity index is 1.65. The third-order valence-electron chi connectivity index (χ3n) is 4.57. The third-order valence-corrected chi connectivity index (χ3v) is 4.57. The summed E-state index contributed by atoms with van der Waals surface area (Å²) in [7, 11) is 0. The zero-order chi connectivity index (χ0) is 17.2. The van der Waals surface area contributed by atoms with Crippen LogP contribution in [0.25, 0.3) is 0 Å². The number of aryl methyl sites for hydroxylation is 1. The number of nitrogens with one attached hydrogen (secondary N) is 1. The van der Waals surface area contributed by atoms with Crippen LogP contribution in [0.2, 0.25) is 0 Å². The smallest absolute Gasteiger partial charge is 0.317 e. The molecule has 1 aromatic rings. The number of amides is 2. The number of nitrogens with zero attached hydrogens (tertiary/aromatic N) is 1. The van der Waals surface area contributed by atoms with Crippen LogP contribution in [0.4, 0.5) is 4.79 Å². The molecule has 24 heavy (non-hydrogen) atoms. The molecule has 0 spiro atoms. The van der Waals surface area contributed by atoms with Gasteiger partial charge in [-0.2, -0.15) is 0 Å². The molecule has 0 bridgehead atoms. The lowest BCUT2D eigenvalue weighted by molar-refractivity contribution is -0.137. The molecule has 0 radical (unpaired) electrons. The molecule has 1 saturated heterocycles. The maximum atomic E-state index is 12.2. The van der Waals surface area contributed by atoms with E-state index in [1.54, 1.807) is 0 Å². The van der Waals surface area contributed by atoms with Gasteiger partial charge in [0.1, 0.15) is 0 Å². The largest absolute Gasteiger partial charge is 0.481 e. The van der Waals surface area contributed by atoms with Gasteiger partial charge in [-0.3, -0.25) is 4.79 Å². The second-order valence-electron chi connectivity index (χ2n) is 6.56. The number of aliphatic carboxylic acids is 1. The van der Waals surface area contributed by atoms with Crippen LogP contribution < -0.4 is 5.32 Å². The lowest BCUT2D eigenvalue weighted by Crippen LogP contribution is -2.45. The Bertz CT molecular complexity index is 519. The van der Waals surface area contributed by atoms with E-state index in [0.29, 0.717) is 18.9 Å². The normalized spacial score (nSPS) is 17.5. The minimum Gasteiger partial charge on any atom is -0.481 e. The Morgan fingerprint density at radius 3 is 2.75 bits per heavy atom. The van der Waals surface area contributed by atoms with E-state index < -0.39 is 5.97 Å². The van der Waals surface area contributed by atoms with Crippen molar-refractivity contribution >= 4 is 12.0 Å². The van der Waals surface area contributed by atoms with E-state index in [2.05, 4.69) is 29.6 Å². The molecular formula is C19H28N2O3. The monoisotopic (exact) mass is 332 g/mol. The van der Waals surface area contributed by atoms with Gasteiger partial charge < -0.3 is 15.3 Å². The Labute approximate surface area is 144 Å². The lowest BCUT2D eigenvalue weighted by Gasteiger charge is -2.33. The summed E-state index contributed by atoms with van der Waals surface area (Å²) in [6.45, 7) is 2.06. The summed E-state index contributed by atoms with van der Waals surface area (Å²) < 4.78 is 0. The van der Waals surface area contributed by atoms with E-state index >= 15 is 0 Å². The highest BCUT2D eigenvalue weighted by Crippen LogP contribution is 2.22. The molecule has 1 heterocycles. The first kappa shape index (κ1) is 18.3. The Hall–Kier alpha value is -2.04. The van der Waals surface area contributed by atoms with Crippen LogP contribution in [0.1, 0.15) is 44.1 Å². The maximum absolute atomic E-state index is 12.2. The van der Waals surface area contributed by atoms with Crippen molar-refractivity contribution in [2.24, 2.45) is 5.92 Å². The van der Waals surface area contributed by atoms with E-state index in [1.165, 1.54) is 12.0 Å². The van der Waals surface area contributed by atoms with Crippen LogP contribution in [-0.2, 0) is 11.2 Å². The van der Waals surface area contributed by atoms with Gasteiger partial charge in [-0.15, -0.1) is 0 Å². The standard InChI is InChI=1S/C19H28N2O3/c22-18(23)12-5-13-20-19(24)21-14-6-11-17(15-21)10-4-9-16-7-2-1-3-8-16/h1-3,7-8,17H,4-6,9-15H2,(H,20,24)(H,22,23). The van der Waals surface area contributed by atoms with Crippen molar-refractivity contribution in [3.05, 3.63) is 35.9 Å². The second-order valence-corrected chi connectivity index (χ2v) is 6.56. The number of hydrogen-bond acceptors (Lipinski definition) is 2. The number of piperidine rings is 1. The summed E-state index contributed by atoms with van der Waals surface area (Å²) in [6.07, 6.45) is 6.23. The number of carboxylic acids is 1. The van der Waals surface area contributed by atoms with Gasteiger partial charge >= 0.3 is 12.0 Å². The third kappa shape index (κ3) is 6.60. The first-order valence-corrected chi connectivity index (χ1v) is 8.93. The number of benzene rings is 1. The summed E-state index contributed by atoms with van der Waals surface area (Å²) in [6, 6.07) is 10.5. The van der Waals surface area contributed by atoms with Crippen molar-refractivity contribution in [2.45, 2.75) is 44.9 Å².